The van der Waals surface area contributed by atoms with Gasteiger partial charge in [-0.25, -0.2) is 0 Å². The third-order valence-corrected chi connectivity index (χ3v) is 8.78. The van der Waals surface area contributed by atoms with E-state index >= 15 is 0 Å². The lowest BCUT2D eigenvalue weighted by Crippen LogP contribution is -2.30. The fourth-order valence-corrected chi connectivity index (χ4v) is 6.18. The Morgan fingerprint density at radius 2 is 1.40 bits per heavy atom. The average molecular weight is 640 g/mol. The van der Waals surface area contributed by atoms with Crippen LogP contribution < -0.4 is 20.3 Å². The van der Waals surface area contributed by atoms with Crippen LogP contribution >= 0.6 is 11.8 Å². The maximum absolute atomic E-state index is 13.7. The Balaban J connectivity index is 1.15. The molecule has 5 aromatic carbocycles. The molecular weight excluding hydrogens is 607 g/mol. The number of benzene rings is 5. The lowest BCUT2D eigenvalue weighted by Gasteiger charge is -2.25. The van der Waals surface area contributed by atoms with Crippen LogP contribution in [0.2, 0.25) is 0 Å². The molecule has 0 spiro atoms. The number of thioether (sulfide) groups is 1. The molecule has 1 aliphatic heterocycles. The maximum atomic E-state index is 13.7. The minimum Gasteiger partial charge on any atom is -0.497 e. The summed E-state index contributed by atoms with van der Waals surface area (Å²) in [4.78, 5) is 42.9. The minimum atomic E-state index is -0.480. The molecule has 0 unspecified atom stereocenters. The molecule has 3 amide bonds. The van der Waals surface area contributed by atoms with E-state index in [0.29, 0.717) is 22.6 Å². The molecule has 0 atom stereocenters. The van der Waals surface area contributed by atoms with Crippen molar-refractivity contribution in [3.8, 4) is 5.75 Å². The van der Waals surface area contributed by atoms with Crippen molar-refractivity contribution in [3.63, 3.8) is 0 Å². The molecule has 7 nitrogen and oxygen atoms in total. The molecule has 1 aliphatic rings. The van der Waals surface area contributed by atoms with Crippen molar-refractivity contribution in [1.29, 1.82) is 0 Å². The number of aryl methyl sites for hydroxylation is 2. The lowest BCUT2D eigenvalue weighted by atomic mass is 10.0. The number of nitrogens with one attached hydrogen (secondary N) is 2. The fourth-order valence-electron chi connectivity index (χ4n) is 5.43. The molecule has 5 aromatic rings. The van der Waals surface area contributed by atoms with Gasteiger partial charge in [-0.15, -0.1) is 11.8 Å². The Labute approximate surface area is 278 Å². The number of hydrogen-bond donors (Lipinski definition) is 2. The highest BCUT2D eigenvalue weighted by molar-refractivity contribution is 8.00. The monoisotopic (exact) mass is 639 g/mol. The van der Waals surface area contributed by atoms with Gasteiger partial charge in [0.2, 0.25) is 5.91 Å². The number of carbonyl (C=O) groups excluding carboxylic acids is 3. The van der Waals surface area contributed by atoms with Crippen LogP contribution in [0.15, 0.2) is 138 Å². The zero-order valence-electron chi connectivity index (χ0n) is 25.8. The van der Waals surface area contributed by atoms with Gasteiger partial charge in [0.25, 0.3) is 11.8 Å². The molecule has 8 heteroatoms. The Bertz CT molecular complexity index is 1890. The van der Waals surface area contributed by atoms with E-state index in [-0.39, 0.29) is 17.4 Å². The predicted molar refractivity (Wildman–Crippen MR) is 188 cm³/mol. The molecule has 0 aromatic heterocycles. The number of ether oxygens (including phenoxy) is 1. The summed E-state index contributed by atoms with van der Waals surface area (Å²) in [6.45, 7) is 0. The van der Waals surface area contributed by atoms with E-state index in [9.17, 15) is 14.4 Å². The average Bonchev–Trinajstić information content (AvgIpc) is 3.28. The van der Waals surface area contributed by atoms with Gasteiger partial charge in [-0.3, -0.25) is 19.3 Å². The van der Waals surface area contributed by atoms with E-state index in [1.54, 1.807) is 61.7 Å². The number of amides is 3. The third-order valence-electron chi connectivity index (χ3n) is 7.79. The second-order valence-corrected chi connectivity index (χ2v) is 12.0. The topological polar surface area (TPSA) is 87.7 Å². The number of carbonyl (C=O) groups is 3. The maximum Gasteiger partial charge on any atom is 0.272 e. The molecule has 234 valence electrons. The van der Waals surface area contributed by atoms with Gasteiger partial charge in [0.05, 0.1) is 24.2 Å². The van der Waals surface area contributed by atoms with Crippen LogP contribution in [0.3, 0.4) is 0 Å². The van der Waals surface area contributed by atoms with Gasteiger partial charge in [0.1, 0.15) is 11.4 Å². The number of anilines is 3. The Morgan fingerprint density at radius 1 is 0.766 bits per heavy atom. The zero-order chi connectivity index (χ0) is 32.6. The summed E-state index contributed by atoms with van der Waals surface area (Å²) < 4.78 is 5.32. The van der Waals surface area contributed by atoms with Crippen LogP contribution in [0.5, 0.6) is 5.75 Å². The summed E-state index contributed by atoms with van der Waals surface area (Å²) in [6.07, 6.45) is 3.36. The molecule has 0 saturated heterocycles. The van der Waals surface area contributed by atoms with Crippen LogP contribution in [0.1, 0.15) is 27.0 Å². The molecule has 1 heterocycles. The van der Waals surface area contributed by atoms with E-state index in [0.717, 1.165) is 40.2 Å². The second kappa shape index (κ2) is 14.7. The van der Waals surface area contributed by atoms with Crippen LogP contribution in [0.25, 0.3) is 6.08 Å². The van der Waals surface area contributed by atoms with E-state index in [1.165, 1.54) is 11.8 Å². The van der Waals surface area contributed by atoms with Crippen molar-refractivity contribution >= 4 is 52.6 Å². The van der Waals surface area contributed by atoms with Crippen LogP contribution in [0.4, 0.5) is 17.1 Å². The normalized spacial score (nSPS) is 12.3. The SMILES string of the molecule is COc1cccc(/C=C(\NC(=O)c2ccccc2)C(=O)Nc2ccc(SCC(=O)N3c4ccccc4CCc4ccccc43)cc2)c1. The largest absolute Gasteiger partial charge is 0.497 e. The zero-order valence-corrected chi connectivity index (χ0v) is 26.6. The number of rotatable bonds is 9. The van der Waals surface area contributed by atoms with Gasteiger partial charge in [0, 0.05) is 16.1 Å². The second-order valence-electron chi connectivity index (χ2n) is 10.9. The highest BCUT2D eigenvalue weighted by Gasteiger charge is 2.25. The number of para-hydroxylation sites is 2. The Kier molecular flexibility index (Phi) is 9.79. The van der Waals surface area contributed by atoms with Gasteiger partial charge in [-0.2, -0.15) is 0 Å². The Morgan fingerprint density at radius 3 is 2.06 bits per heavy atom. The molecule has 47 heavy (non-hydrogen) atoms. The highest BCUT2D eigenvalue weighted by atomic mass is 32.2. The van der Waals surface area contributed by atoms with Crippen molar-refractivity contribution in [2.75, 3.05) is 23.1 Å². The van der Waals surface area contributed by atoms with E-state index in [4.69, 9.17) is 4.74 Å². The minimum absolute atomic E-state index is 0.00402. The molecule has 0 fully saturated rings. The van der Waals surface area contributed by atoms with Crippen molar-refractivity contribution in [1.82, 2.24) is 5.32 Å². The van der Waals surface area contributed by atoms with Gasteiger partial charge in [-0.1, -0.05) is 66.7 Å². The standard InChI is InChI=1S/C39H33N3O4S/c1-46-32-15-9-10-27(24-32)25-34(41-38(44)30-13-3-2-4-14-30)39(45)40-31-20-22-33(23-21-31)47-26-37(43)42-35-16-7-5-11-28(35)18-19-29-12-6-8-17-36(29)42/h2-17,20-25H,18-19,26H2,1H3,(H,40,45)(H,41,44)/b34-25-. The summed E-state index contributed by atoms with van der Waals surface area (Å²) in [6, 6.07) is 39.4. The van der Waals surface area contributed by atoms with Gasteiger partial charge < -0.3 is 15.4 Å². The van der Waals surface area contributed by atoms with Crippen molar-refractivity contribution < 1.29 is 19.1 Å². The first-order chi connectivity index (χ1) is 23.0. The first-order valence-electron chi connectivity index (χ1n) is 15.2. The van der Waals surface area contributed by atoms with Crippen LogP contribution in [0, 0.1) is 0 Å². The molecule has 0 bridgehead atoms. The molecular formula is C39H33N3O4S. The number of methoxy groups -OCH3 is 1. The van der Waals surface area contributed by atoms with Crippen molar-refractivity contribution in [2.24, 2.45) is 0 Å². The van der Waals surface area contributed by atoms with Gasteiger partial charge in [-0.05, 0) is 96.3 Å². The van der Waals surface area contributed by atoms with Crippen LogP contribution in [-0.2, 0) is 22.4 Å². The summed E-state index contributed by atoms with van der Waals surface area (Å²) in [7, 11) is 1.57. The number of fused-ring (bicyclic) bond motifs is 2. The summed E-state index contributed by atoms with van der Waals surface area (Å²) in [5.74, 6) is -0.0145. The fraction of sp³-hybridized carbons (Fsp3) is 0.103. The van der Waals surface area contributed by atoms with Crippen molar-refractivity contribution in [2.45, 2.75) is 17.7 Å². The van der Waals surface area contributed by atoms with Crippen molar-refractivity contribution in [3.05, 3.63) is 155 Å². The van der Waals surface area contributed by atoms with E-state index in [2.05, 4.69) is 22.8 Å². The smallest absolute Gasteiger partial charge is 0.272 e. The first kappa shape index (κ1) is 31.4. The first-order valence-corrected chi connectivity index (χ1v) is 16.2. The molecule has 2 N–H and O–H groups in total. The Hall–Kier alpha value is -5.60. The van der Waals surface area contributed by atoms with Crippen LogP contribution in [-0.4, -0.2) is 30.6 Å². The molecule has 0 radical (unpaired) electrons. The summed E-state index contributed by atoms with van der Waals surface area (Å²) in [5.41, 5.74) is 5.91. The quantitative estimate of drug-likeness (QED) is 0.128. The molecule has 6 rings (SSSR count). The highest BCUT2D eigenvalue weighted by Crippen LogP contribution is 2.37. The summed E-state index contributed by atoms with van der Waals surface area (Å²) >= 11 is 1.44. The molecule has 0 aliphatic carbocycles. The lowest BCUT2D eigenvalue weighted by molar-refractivity contribution is -0.115. The summed E-state index contributed by atoms with van der Waals surface area (Å²) in [5, 5.41) is 5.64. The predicted octanol–water partition coefficient (Wildman–Crippen LogP) is 7.66. The molecule has 0 saturated carbocycles. The van der Waals surface area contributed by atoms with E-state index in [1.807, 2.05) is 71.6 Å². The van der Waals surface area contributed by atoms with Gasteiger partial charge >= 0.3 is 0 Å². The number of hydrogen-bond acceptors (Lipinski definition) is 5. The third kappa shape index (κ3) is 7.62. The van der Waals surface area contributed by atoms with Gasteiger partial charge in [0.15, 0.2) is 0 Å². The number of nitrogens with zero attached hydrogens (tertiary/aromatic N) is 1. The van der Waals surface area contributed by atoms with E-state index < -0.39 is 11.8 Å².